The summed E-state index contributed by atoms with van der Waals surface area (Å²) in [5.41, 5.74) is 2.18. The summed E-state index contributed by atoms with van der Waals surface area (Å²) in [5, 5.41) is 24.1. The van der Waals surface area contributed by atoms with Gasteiger partial charge in [0.15, 0.2) is 0 Å². The zero-order chi connectivity index (χ0) is 18.0. The highest BCUT2D eigenvalue weighted by Gasteiger charge is 2.53. The van der Waals surface area contributed by atoms with Crippen molar-refractivity contribution >= 4 is 33.4 Å². The van der Waals surface area contributed by atoms with Crippen molar-refractivity contribution in [3.63, 3.8) is 0 Å². The highest BCUT2D eigenvalue weighted by molar-refractivity contribution is 7.15. The van der Waals surface area contributed by atoms with E-state index in [4.69, 9.17) is 0 Å². The molecule has 2 aromatic heterocycles. The summed E-state index contributed by atoms with van der Waals surface area (Å²) in [6.07, 6.45) is 7.99. The van der Waals surface area contributed by atoms with Crippen LogP contribution in [0.25, 0.3) is 11.0 Å². The number of carbonyl (C=O) groups is 1. The molecule has 4 bridgehead atoms. The van der Waals surface area contributed by atoms with Crippen molar-refractivity contribution in [1.29, 1.82) is 0 Å². The van der Waals surface area contributed by atoms with Crippen molar-refractivity contribution in [1.82, 2.24) is 25.6 Å². The van der Waals surface area contributed by atoms with E-state index in [1.807, 2.05) is 0 Å². The Hall–Kier alpha value is -2.35. The van der Waals surface area contributed by atoms with Gasteiger partial charge in [0.2, 0.25) is 5.13 Å². The lowest BCUT2D eigenvalue weighted by Gasteiger charge is -2.55. The number of nitrogens with zero attached hydrogens (tertiary/aromatic N) is 4. The number of rotatable bonds is 3. The molecule has 4 aliphatic carbocycles. The fourth-order valence-corrected chi connectivity index (χ4v) is 6.97. The van der Waals surface area contributed by atoms with Gasteiger partial charge >= 0.3 is 0 Å². The van der Waals surface area contributed by atoms with Crippen molar-refractivity contribution in [3.8, 4) is 0 Å². The molecule has 1 aromatic carbocycles. The van der Waals surface area contributed by atoms with Crippen LogP contribution in [-0.2, 0) is 5.41 Å². The molecule has 4 aliphatic rings. The van der Waals surface area contributed by atoms with Gasteiger partial charge in [0.1, 0.15) is 16.0 Å². The Balaban J connectivity index is 1.24. The van der Waals surface area contributed by atoms with Crippen LogP contribution in [0.1, 0.15) is 53.9 Å². The number of fused-ring (bicyclic) bond motifs is 1. The van der Waals surface area contributed by atoms with E-state index in [0.29, 0.717) is 16.2 Å². The monoisotopic (exact) mass is 380 g/mol. The largest absolute Gasteiger partial charge is 0.296 e. The number of hydrogen-bond acceptors (Lipinski definition) is 6. The van der Waals surface area contributed by atoms with Gasteiger partial charge in [0.25, 0.3) is 5.91 Å². The molecule has 1 amide bonds. The van der Waals surface area contributed by atoms with Crippen molar-refractivity contribution in [2.45, 2.75) is 43.9 Å². The Morgan fingerprint density at radius 3 is 2.48 bits per heavy atom. The third-order valence-electron chi connectivity index (χ3n) is 6.72. The van der Waals surface area contributed by atoms with E-state index in [0.717, 1.165) is 28.3 Å². The minimum atomic E-state index is -0.187. The van der Waals surface area contributed by atoms with Crippen LogP contribution in [-0.4, -0.2) is 31.5 Å². The number of H-pyrrole nitrogens is 1. The molecule has 138 valence electrons. The molecule has 4 fully saturated rings. The van der Waals surface area contributed by atoms with E-state index in [1.165, 1.54) is 38.5 Å². The second kappa shape index (κ2) is 5.58. The quantitative estimate of drug-likeness (QED) is 0.724. The van der Waals surface area contributed by atoms with E-state index in [-0.39, 0.29) is 11.3 Å². The first-order valence-corrected chi connectivity index (χ1v) is 10.4. The van der Waals surface area contributed by atoms with Crippen LogP contribution in [0.15, 0.2) is 18.2 Å². The maximum atomic E-state index is 12.6. The van der Waals surface area contributed by atoms with Crippen LogP contribution < -0.4 is 5.32 Å². The Morgan fingerprint density at radius 1 is 1.04 bits per heavy atom. The number of aromatic amines is 1. The van der Waals surface area contributed by atoms with E-state index in [9.17, 15) is 4.79 Å². The van der Waals surface area contributed by atoms with E-state index < -0.39 is 0 Å². The van der Waals surface area contributed by atoms with Gasteiger partial charge in [-0.05, 0) is 74.5 Å². The lowest BCUT2D eigenvalue weighted by atomic mass is 9.50. The molecule has 0 aliphatic heterocycles. The van der Waals surface area contributed by atoms with E-state index >= 15 is 0 Å². The Labute approximate surface area is 160 Å². The number of hydrogen-bond donors (Lipinski definition) is 2. The first kappa shape index (κ1) is 15.7. The third-order valence-corrected chi connectivity index (χ3v) is 7.80. The number of aromatic nitrogens is 5. The summed E-state index contributed by atoms with van der Waals surface area (Å²) in [7, 11) is 0. The van der Waals surface area contributed by atoms with Crippen LogP contribution in [0, 0.1) is 17.8 Å². The van der Waals surface area contributed by atoms with Gasteiger partial charge in [-0.25, -0.2) is 0 Å². The normalized spacial score (nSPS) is 31.5. The van der Waals surface area contributed by atoms with Crippen molar-refractivity contribution in [3.05, 3.63) is 28.8 Å². The number of benzene rings is 1. The lowest BCUT2D eigenvalue weighted by molar-refractivity contribution is -0.00555. The molecular formula is C19H20N6OS. The van der Waals surface area contributed by atoms with Gasteiger partial charge in [-0.1, -0.05) is 11.3 Å². The average molecular weight is 380 g/mol. The highest BCUT2D eigenvalue weighted by Crippen LogP contribution is 2.61. The summed E-state index contributed by atoms with van der Waals surface area (Å²) in [4.78, 5) is 12.6. The zero-order valence-corrected chi connectivity index (χ0v) is 15.6. The summed E-state index contributed by atoms with van der Waals surface area (Å²) < 4.78 is 0. The molecule has 0 unspecified atom stereocenters. The number of amides is 1. The summed E-state index contributed by atoms with van der Waals surface area (Å²) >= 11 is 1.56. The molecule has 4 saturated carbocycles. The molecule has 0 radical (unpaired) electrons. The molecule has 2 N–H and O–H groups in total. The van der Waals surface area contributed by atoms with E-state index in [2.05, 4.69) is 30.9 Å². The van der Waals surface area contributed by atoms with Crippen LogP contribution in [0.2, 0.25) is 0 Å². The second-order valence-corrected chi connectivity index (χ2v) is 9.57. The summed E-state index contributed by atoms with van der Waals surface area (Å²) in [6, 6.07) is 5.27. The third kappa shape index (κ3) is 2.50. The van der Waals surface area contributed by atoms with Crippen molar-refractivity contribution in [2.24, 2.45) is 17.8 Å². The Morgan fingerprint density at radius 2 is 1.74 bits per heavy atom. The number of nitrogens with one attached hydrogen (secondary N) is 2. The van der Waals surface area contributed by atoms with Crippen molar-refractivity contribution < 1.29 is 4.79 Å². The molecule has 0 atom stereocenters. The Bertz CT molecular complexity index is 1000. The highest BCUT2D eigenvalue weighted by atomic mass is 32.1. The topological polar surface area (TPSA) is 96.5 Å². The smallest absolute Gasteiger partial charge is 0.257 e. The van der Waals surface area contributed by atoms with Crippen LogP contribution in [0.3, 0.4) is 0 Å². The molecule has 3 aromatic rings. The van der Waals surface area contributed by atoms with Gasteiger partial charge in [-0.2, -0.15) is 15.4 Å². The minimum absolute atomic E-state index is 0.187. The Kier molecular flexibility index (Phi) is 3.24. The van der Waals surface area contributed by atoms with Crippen LogP contribution in [0.4, 0.5) is 5.13 Å². The first-order valence-electron chi connectivity index (χ1n) is 9.63. The fourth-order valence-electron chi connectivity index (χ4n) is 6.01. The second-order valence-electron chi connectivity index (χ2n) is 8.59. The van der Waals surface area contributed by atoms with Crippen LogP contribution >= 0.6 is 11.3 Å². The van der Waals surface area contributed by atoms with Gasteiger partial charge < -0.3 is 0 Å². The maximum Gasteiger partial charge on any atom is 0.257 e. The standard InChI is InChI=1S/C19H20N6OS/c26-16(13-1-2-14-15(6-13)22-25-21-14)20-18-24-23-17(27-18)19-7-10-3-11(8-19)5-12(4-10)9-19/h1-2,6,10-12H,3-5,7-9H2,(H,20,24,26)(H,21,22,25). The molecule has 0 saturated heterocycles. The molecule has 7 nitrogen and oxygen atoms in total. The van der Waals surface area contributed by atoms with Crippen molar-refractivity contribution in [2.75, 3.05) is 5.32 Å². The van der Waals surface area contributed by atoms with Gasteiger partial charge in [-0.3, -0.25) is 10.1 Å². The molecule has 8 heteroatoms. The predicted molar refractivity (Wildman–Crippen MR) is 102 cm³/mol. The lowest BCUT2D eigenvalue weighted by Crippen LogP contribution is -2.48. The fraction of sp³-hybridized carbons (Fsp3) is 0.526. The molecule has 27 heavy (non-hydrogen) atoms. The maximum absolute atomic E-state index is 12.6. The number of anilines is 1. The molecule has 0 spiro atoms. The summed E-state index contributed by atoms with van der Waals surface area (Å²) in [5.74, 6) is 2.42. The number of carbonyl (C=O) groups excluding carboxylic acids is 1. The van der Waals surface area contributed by atoms with E-state index in [1.54, 1.807) is 29.5 Å². The zero-order valence-electron chi connectivity index (χ0n) is 14.8. The average Bonchev–Trinajstić information content (AvgIpc) is 3.29. The first-order chi connectivity index (χ1) is 13.2. The molecule has 7 rings (SSSR count). The van der Waals surface area contributed by atoms with Gasteiger partial charge in [0, 0.05) is 11.0 Å². The molecule has 2 heterocycles. The SMILES string of the molecule is O=C(Nc1nnc(C23CC4CC(CC(C4)C2)C3)s1)c1ccc2n[nH]nc2c1. The minimum Gasteiger partial charge on any atom is -0.296 e. The van der Waals surface area contributed by atoms with Gasteiger partial charge in [0.05, 0.1) is 0 Å². The molecular weight excluding hydrogens is 360 g/mol. The van der Waals surface area contributed by atoms with Gasteiger partial charge in [-0.15, -0.1) is 10.2 Å². The van der Waals surface area contributed by atoms with Crippen LogP contribution in [0.5, 0.6) is 0 Å². The predicted octanol–water partition coefficient (Wildman–Crippen LogP) is 3.53. The summed E-state index contributed by atoms with van der Waals surface area (Å²) in [6.45, 7) is 0.